The van der Waals surface area contributed by atoms with E-state index in [2.05, 4.69) is 20.1 Å². The molecular formula is C14H13N5O2. The lowest BCUT2D eigenvalue weighted by atomic mass is 10.1. The van der Waals surface area contributed by atoms with E-state index in [0.29, 0.717) is 23.8 Å². The third-order valence-corrected chi connectivity index (χ3v) is 2.96. The van der Waals surface area contributed by atoms with Crippen molar-refractivity contribution in [3.8, 4) is 17.3 Å². The van der Waals surface area contributed by atoms with Gasteiger partial charge >= 0.3 is 0 Å². The Balaban J connectivity index is 1.75. The molecule has 0 aliphatic carbocycles. The molecule has 3 N–H and O–H groups in total. The summed E-state index contributed by atoms with van der Waals surface area (Å²) in [7, 11) is 0. The highest BCUT2D eigenvalue weighted by atomic mass is 16.5. The van der Waals surface area contributed by atoms with E-state index in [9.17, 15) is 5.11 Å². The van der Waals surface area contributed by atoms with Crippen LogP contribution in [0.1, 0.15) is 17.5 Å². The number of nitrogens with two attached hydrogens (primary N) is 1. The zero-order valence-corrected chi connectivity index (χ0v) is 11.0. The molecule has 0 aliphatic heterocycles. The summed E-state index contributed by atoms with van der Waals surface area (Å²) in [6, 6.07) is 8.11. The summed E-state index contributed by atoms with van der Waals surface area (Å²) < 4.78 is 5.18. The van der Waals surface area contributed by atoms with Crippen LogP contribution in [0.4, 0.5) is 0 Å². The molecule has 1 aromatic carbocycles. The monoisotopic (exact) mass is 283 g/mol. The number of nitrogens with zero attached hydrogens (tertiary/aromatic N) is 4. The maximum Gasteiger partial charge on any atom is 0.244 e. The van der Waals surface area contributed by atoms with Crippen molar-refractivity contribution in [1.29, 1.82) is 0 Å². The van der Waals surface area contributed by atoms with Crippen molar-refractivity contribution in [1.82, 2.24) is 20.1 Å². The number of aromatic hydroxyl groups is 1. The maximum absolute atomic E-state index is 9.25. The molecule has 0 spiro atoms. The highest BCUT2D eigenvalue weighted by Gasteiger charge is 2.16. The van der Waals surface area contributed by atoms with E-state index in [-0.39, 0.29) is 5.75 Å². The van der Waals surface area contributed by atoms with Crippen molar-refractivity contribution in [3.63, 3.8) is 0 Å². The minimum absolute atomic E-state index is 0.219. The summed E-state index contributed by atoms with van der Waals surface area (Å²) in [4.78, 5) is 12.1. The van der Waals surface area contributed by atoms with Gasteiger partial charge in [0.2, 0.25) is 11.7 Å². The summed E-state index contributed by atoms with van der Waals surface area (Å²) in [5.74, 6) is 0.946. The molecule has 0 fully saturated rings. The highest BCUT2D eigenvalue weighted by molar-refractivity contribution is 5.46. The maximum atomic E-state index is 9.25. The minimum Gasteiger partial charge on any atom is -0.508 e. The van der Waals surface area contributed by atoms with Crippen LogP contribution in [0.25, 0.3) is 11.5 Å². The van der Waals surface area contributed by atoms with Crippen LogP contribution in [0.5, 0.6) is 5.75 Å². The van der Waals surface area contributed by atoms with E-state index >= 15 is 0 Å². The van der Waals surface area contributed by atoms with E-state index < -0.39 is 6.04 Å². The van der Waals surface area contributed by atoms with Crippen LogP contribution in [0.15, 0.2) is 47.4 Å². The predicted molar refractivity (Wildman–Crippen MR) is 74.1 cm³/mol. The highest BCUT2D eigenvalue weighted by Crippen LogP contribution is 2.19. The fourth-order valence-electron chi connectivity index (χ4n) is 1.89. The van der Waals surface area contributed by atoms with Crippen molar-refractivity contribution in [2.45, 2.75) is 12.5 Å². The van der Waals surface area contributed by atoms with Crippen LogP contribution in [0.2, 0.25) is 0 Å². The molecule has 2 heterocycles. The lowest BCUT2D eigenvalue weighted by Crippen LogP contribution is -2.13. The molecule has 0 amide bonds. The molecule has 0 radical (unpaired) electrons. The third kappa shape index (κ3) is 3.03. The molecule has 0 saturated heterocycles. The van der Waals surface area contributed by atoms with Crippen LogP contribution >= 0.6 is 0 Å². The molecule has 106 valence electrons. The topological polar surface area (TPSA) is 111 Å². The summed E-state index contributed by atoms with van der Waals surface area (Å²) in [6.45, 7) is 0. The van der Waals surface area contributed by atoms with Gasteiger partial charge in [-0.3, -0.25) is 0 Å². The second-order valence-corrected chi connectivity index (χ2v) is 4.53. The van der Waals surface area contributed by atoms with Crippen LogP contribution in [0, 0.1) is 0 Å². The number of hydrogen-bond acceptors (Lipinski definition) is 7. The van der Waals surface area contributed by atoms with Crippen LogP contribution in [0.3, 0.4) is 0 Å². The molecule has 2 aromatic heterocycles. The Bertz CT molecular complexity index is 712. The number of phenols is 1. The van der Waals surface area contributed by atoms with Crippen LogP contribution in [-0.4, -0.2) is 25.2 Å². The van der Waals surface area contributed by atoms with Crippen molar-refractivity contribution in [2.24, 2.45) is 5.73 Å². The minimum atomic E-state index is -0.419. The standard InChI is InChI=1S/C14H13N5O2/c15-11(7-9-1-3-10(20)4-2-9)14-18-13(19-21-14)12-5-6-16-8-17-12/h1-6,8,11,20H,7,15H2/t11-/m0/s1. The molecule has 21 heavy (non-hydrogen) atoms. The molecule has 1 atom stereocenters. The molecular weight excluding hydrogens is 270 g/mol. The first-order valence-electron chi connectivity index (χ1n) is 6.36. The van der Waals surface area contributed by atoms with Crippen LogP contribution in [-0.2, 0) is 6.42 Å². The van der Waals surface area contributed by atoms with Gasteiger partial charge in [0, 0.05) is 6.20 Å². The average Bonchev–Trinajstić information content (AvgIpc) is 3.00. The number of aromatic nitrogens is 4. The van der Waals surface area contributed by atoms with E-state index in [1.807, 2.05) is 0 Å². The van der Waals surface area contributed by atoms with Gasteiger partial charge in [0.15, 0.2) is 0 Å². The number of phenolic OH excluding ortho intramolecular Hbond substituents is 1. The van der Waals surface area contributed by atoms with Gasteiger partial charge < -0.3 is 15.4 Å². The Morgan fingerprint density at radius 3 is 2.71 bits per heavy atom. The fraction of sp³-hybridized carbons (Fsp3) is 0.143. The second kappa shape index (κ2) is 5.68. The molecule has 3 rings (SSSR count). The van der Waals surface area contributed by atoms with Gasteiger partial charge in [-0.25, -0.2) is 9.97 Å². The van der Waals surface area contributed by atoms with E-state index in [0.717, 1.165) is 5.56 Å². The van der Waals surface area contributed by atoms with Crippen molar-refractivity contribution < 1.29 is 9.63 Å². The quantitative estimate of drug-likeness (QED) is 0.745. The molecule has 0 aliphatic rings. The fourth-order valence-corrected chi connectivity index (χ4v) is 1.89. The van der Waals surface area contributed by atoms with Gasteiger partial charge in [-0.1, -0.05) is 17.3 Å². The molecule has 7 nitrogen and oxygen atoms in total. The Morgan fingerprint density at radius 1 is 1.19 bits per heavy atom. The molecule has 0 unspecified atom stereocenters. The number of rotatable bonds is 4. The SMILES string of the molecule is N[C@@H](Cc1ccc(O)cc1)c1nc(-c2ccncn2)no1. The Morgan fingerprint density at radius 2 is 2.00 bits per heavy atom. The van der Waals surface area contributed by atoms with Gasteiger partial charge in [-0.05, 0) is 30.2 Å². The van der Waals surface area contributed by atoms with Crippen molar-refractivity contribution in [2.75, 3.05) is 0 Å². The van der Waals surface area contributed by atoms with Gasteiger partial charge in [0.05, 0.1) is 6.04 Å². The Kier molecular flexibility index (Phi) is 3.57. The van der Waals surface area contributed by atoms with E-state index in [4.69, 9.17) is 10.3 Å². The first-order chi connectivity index (χ1) is 10.2. The van der Waals surface area contributed by atoms with Gasteiger partial charge in [0.1, 0.15) is 17.8 Å². The summed E-state index contributed by atoms with van der Waals surface area (Å²) in [5, 5.41) is 13.1. The molecule has 0 saturated carbocycles. The number of hydrogen-bond donors (Lipinski definition) is 2. The molecule has 0 bridgehead atoms. The van der Waals surface area contributed by atoms with Crippen LogP contribution < -0.4 is 5.73 Å². The van der Waals surface area contributed by atoms with Crippen molar-refractivity contribution >= 4 is 0 Å². The first-order valence-corrected chi connectivity index (χ1v) is 6.36. The first kappa shape index (κ1) is 13.2. The Hall–Kier alpha value is -2.80. The van der Waals surface area contributed by atoms with E-state index in [1.165, 1.54) is 6.33 Å². The summed E-state index contributed by atoms with van der Waals surface area (Å²) in [5.41, 5.74) is 7.62. The number of benzene rings is 1. The normalized spacial score (nSPS) is 12.2. The largest absolute Gasteiger partial charge is 0.508 e. The van der Waals surface area contributed by atoms with Gasteiger partial charge in [-0.2, -0.15) is 4.98 Å². The van der Waals surface area contributed by atoms with Crippen molar-refractivity contribution in [3.05, 3.63) is 54.3 Å². The zero-order valence-electron chi connectivity index (χ0n) is 11.0. The van der Waals surface area contributed by atoms with Gasteiger partial charge in [-0.15, -0.1) is 0 Å². The molecule has 7 heteroatoms. The average molecular weight is 283 g/mol. The third-order valence-electron chi connectivity index (χ3n) is 2.96. The van der Waals surface area contributed by atoms with E-state index in [1.54, 1.807) is 36.5 Å². The predicted octanol–water partition coefficient (Wildman–Crippen LogP) is 1.47. The smallest absolute Gasteiger partial charge is 0.244 e. The lowest BCUT2D eigenvalue weighted by molar-refractivity contribution is 0.354. The summed E-state index contributed by atoms with van der Waals surface area (Å²) >= 11 is 0. The zero-order chi connectivity index (χ0) is 14.7. The summed E-state index contributed by atoms with van der Waals surface area (Å²) in [6.07, 6.45) is 3.56. The lowest BCUT2D eigenvalue weighted by Gasteiger charge is -2.06. The van der Waals surface area contributed by atoms with Gasteiger partial charge in [0.25, 0.3) is 0 Å². The second-order valence-electron chi connectivity index (χ2n) is 4.53. The Labute approximate surface area is 120 Å². The molecule has 3 aromatic rings.